The van der Waals surface area contributed by atoms with Crippen LogP contribution in [0.25, 0.3) is 0 Å². The van der Waals surface area contributed by atoms with Gasteiger partial charge in [-0.3, -0.25) is 0 Å². The summed E-state index contributed by atoms with van der Waals surface area (Å²) in [6.07, 6.45) is -0.555. The van der Waals surface area contributed by atoms with Crippen molar-refractivity contribution in [2.24, 2.45) is 5.92 Å². The van der Waals surface area contributed by atoms with Gasteiger partial charge >= 0.3 is 6.18 Å². The lowest BCUT2D eigenvalue weighted by atomic mass is 9.93. The summed E-state index contributed by atoms with van der Waals surface area (Å²) >= 11 is 0. The van der Waals surface area contributed by atoms with Crippen LogP contribution >= 0.6 is 0 Å². The molecule has 2 fully saturated rings. The second kappa shape index (κ2) is 5.58. The number of hydrogen-bond donors (Lipinski definition) is 2. The highest BCUT2D eigenvalue weighted by Crippen LogP contribution is 2.41. The molecule has 0 radical (unpaired) electrons. The Morgan fingerprint density at radius 1 is 1.21 bits per heavy atom. The number of nitrogens with one attached hydrogen (secondary N) is 1. The molecule has 1 unspecified atom stereocenters. The van der Waals surface area contributed by atoms with E-state index in [1.165, 1.54) is 0 Å². The first-order chi connectivity index (χ1) is 8.85. The van der Waals surface area contributed by atoms with Crippen LogP contribution in [0.5, 0.6) is 0 Å². The fourth-order valence-corrected chi connectivity index (χ4v) is 2.67. The fraction of sp³-hybridized carbons (Fsp3) is 1.00. The molecule has 2 N–H and O–H groups in total. The van der Waals surface area contributed by atoms with Crippen molar-refractivity contribution in [1.29, 1.82) is 0 Å². The van der Waals surface area contributed by atoms with Crippen molar-refractivity contribution in [1.82, 2.24) is 10.2 Å². The molecule has 2 aliphatic rings. The van der Waals surface area contributed by atoms with Crippen molar-refractivity contribution in [3.8, 4) is 0 Å². The minimum absolute atomic E-state index is 0.00449. The average Bonchev–Trinajstić information content (AvgIpc) is 3.15. The maximum atomic E-state index is 12.2. The molecular weight excluding hydrogens is 257 g/mol. The first-order valence-electron chi connectivity index (χ1n) is 6.98. The number of alkyl halides is 3. The van der Waals surface area contributed by atoms with Crippen LogP contribution in [-0.4, -0.2) is 54.5 Å². The second-order valence-electron chi connectivity index (χ2n) is 6.11. The normalized spacial score (nSPS) is 23.7. The zero-order valence-corrected chi connectivity index (χ0v) is 11.3. The zero-order chi connectivity index (χ0) is 14.1. The molecule has 0 aromatic carbocycles. The smallest absolute Gasteiger partial charge is 0.390 e. The van der Waals surface area contributed by atoms with Crippen LogP contribution in [0.3, 0.4) is 0 Å². The standard InChI is InChI=1S/C13H23F3N2O/c1-18(7-6-13(14,15)16)8-12(9-19,10-2-3-10)17-11-4-5-11/h10-11,17,19H,2-9H2,1H3. The predicted octanol–water partition coefficient (Wildman–Crippen LogP) is 1.76. The number of nitrogens with zero attached hydrogens (tertiary/aromatic N) is 1. The van der Waals surface area contributed by atoms with Gasteiger partial charge in [-0.05, 0) is 38.6 Å². The minimum atomic E-state index is -4.11. The lowest BCUT2D eigenvalue weighted by Crippen LogP contribution is -2.58. The number of hydrogen-bond acceptors (Lipinski definition) is 3. The van der Waals surface area contributed by atoms with Gasteiger partial charge in [-0.25, -0.2) is 0 Å². The molecule has 6 heteroatoms. The van der Waals surface area contributed by atoms with E-state index in [-0.39, 0.29) is 13.2 Å². The number of halogens is 3. The van der Waals surface area contributed by atoms with Crippen LogP contribution in [0.1, 0.15) is 32.1 Å². The number of aliphatic hydroxyl groups excluding tert-OH is 1. The summed E-state index contributed by atoms with van der Waals surface area (Å²) in [6, 6.07) is 0.448. The van der Waals surface area contributed by atoms with E-state index in [1.54, 1.807) is 11.9 Å². The summed E-state index contributed by atoms with van der Waals surface area (Å²) in [5.41, 5.74) is -0.401. The molecule has 0 aromatic rings. The molecule has 0 bridgehead atoms. The number of likely N-dealkylation sites (N-methyl/N-ethyl adjacent to an activating group) is 1. The van der Waals surface area contributed by atoms with Crippen molar-refractivity contribution in [3.63, 3.8) is 0 Å². The fourth-order valence-electron chi connectivity index (χ4n) is 2.67. The van der Waals surface area contributed by atoms with Crippen LogP contribution < -0.4 is 5.32 Å². The first kappa shape index (κ1) is 15.1. The lowest BCUT2D eigenvalue weighted by molar-refractivity contribution is -0.138. The maximum Gasteiger partial charge on any atom is 0.390 e. The Hall–Kier alpha value is -0.330. The molecule has 0 spiro atoms. The third-order valence-corrected chi connectivity index (χ3v) is 4.04. The highest BCUT2D eigenvalue weighted by Gasteiger charge is 2.47. The predicted molar refractivity (Wildman–Crippen MR) is 66.9 cm³/mol. The van der Waals surface area contributed by atoms with E-state index in [0.717, 1.165) is 25.7 Å². The molecule has 0 aromatic heterocycles. The average molecular weight is 280 g/mol. The number of rotatable bonds is 8. The molecule has 112 valence electrons. The monoisotopic (exact) mass is 280 g/mol. The molecule has 2 saturated carbocycles. The van der Waals surface area contributed by atoms with E-state index in [1.807, 2.05) is 0 Å². The number of aliphatic hydroxyl groups is 1. The topological polar surface area (TPSA) is 35.5 Å². The van der Waals surface area contributed by atoms with Gasteiger partial charge in [0.2, 0.25) is 0 Å². The van der Waals surface area contributed by atoms with E-state index >= 15 is 0 Å². The third-order valence-electron chi connectivity index (χ3n) is 4.04. The van der Waals surface area contributed by atoms with Crippen molar-refractivity contribution in [2.75, 3.05) is 26.7 Å². The Bertz CT molecular complexity index is 303. The maximum absolute atomic E-state index is 12.2. The summed E-state index contributed by atoms with van der Waals surface area (Å²) < 4.78 is 36.7. The van der Waals surface area contributed by atoms with Gasteiger partial charge < -0.3 is 15.3 Å². The SMILES string of the molecule is CN(CCC(F)(F)F)CC(CO)(NC1CC1)C1CC1. The second-order valence-corrected chi connectivity index (χ2v) is 6.11. The Morgan fingerprint density at radius 3 is 2.26 bits per heavy atom. The van der Waals surface area contributed by atoms with Crippen LogP contribution in [0.4, 0.5) is 13.2 Å². The van der Waals surface area contributed by atoms with Crippen molar-refractivity contribution < 1.29 is 18.3 Å². The Morgan fingerprint density at radius 2 is 1.84 bits per heavy atom. The highest BCUT2D eigenvalue weighted by molar-refractivity contribution is 5.05. The molecule has 0 amide bonds. The van der Waals surface area contributed by atoms with E-state index in [0.29, 0.717) is 18.5 Å². The zero-order valence-electron chi connectivity index (χ0n) is 11.3. The van der Waals surface area contributed by atoms with Gasteiger partial charge in [0.05, 0.1) is 18.6 Å². The van der Waals surface area contributed by atoms with Gasteiger partial charge in [0.1, 0.15) is 0 Å². The van der Waals surface area contributed by atoms with Crippen LogP contribution in [-0.2, 0) is 0 Å². The third kappa shape index (κ3) is 4.61. The summed E-state index contributed by atoms with van der Waals surface area (Å²) in [4.78, 5) is 1.69. The van der Waals surface area contributed by atoms with Crippen molar-refractivity contribution in [3.05, 3.63) is 0 Å². The van der Waals surface area contributed by atoms with E-state index in [2.05, 4.69) is 5.32 Å². The Labute approximate surface area is 112 Å². The summed E-state index contributed by atoms with van der Waals surface area (Å²) in [5, 5.41) is 13.2. The van der Waals surface area contributed by atoms with E-state index in [9.17, 15) is 18.3 Å². The quantitative estimate of drug-likeness (QED) is 0.711. The van der Waals surface area contributed by atoms with Crippen LogP contribution in [0, 0.1) is 5.92 Å². The van der Waals surface area contributed by atoms with Crippen molar-refractivity contribution in [2.45, 2.75) is 49.9 Å². The largest absolute Gasteiger partial charge is 0.394 e. The van der Waals surface area contributed by atoms with Gasteiger partial charge in [0.25, 0.3) is 0 Å². The molecule has 1 atom stereocenters. The minimum Gasteiger partial charge on any atom is -0.394 e. The molecule has 0 aliphatic heterocycles. The molecular formula is C13H23F3N2O. The summed E-state index contributed by atoms with van der Waals surface area (Å²) in [5.74, 6) is 0.409. The Balaban J connectivity index is 1.87. The van der Waals surface area contributed by atoms with Gasteiger partial charge in [-0.2, -0.15) is 13.2 Å². The molecule has 0 heterocycles. The van der Waals surface area contributed by atoms with Crippen LogP contribution in [0.15, 0.2) is 0 Å². The van der Waals surface area contributed by atoms with Gasteiger partial charge in [0.15, 0.2) is 0 Å². The molecule has 0 saturated heterocycles. The van der Waals surface area contributed by atoms with Crippen LogP contribution in [0.2, 0.25) is 0 Å². The molecule has 2 rings (SSSR count). The first-order valence-corrected chi connectivity index (χ1v) is 6.98. The lowest BCUT2D eigenvalue weighted by Gasteiger charge is -2.37. The highest BCUT2D eigenvalue weighted by atomic mass is 19.4. The molecule has 3 nitrogen and oxygen atoms in total. The summed E-state index contributed by atoms with van der Waals surface area (Å²) in [6.45, 7) is 0.482. The molecule has 19 heavy (non-hydrogen) atoms. The van der Waals surface area contributed by atoms with Gasteiger partial charge in [0, 0.05) is 19.1 Å². The molecule has 2 aliphatic carbocycles. The van der Waals surface area contributed by atoms with Gasteiger partial charge in [-0.1, -0.05) is 0 Å². The van der Waals surface area contributed by atoms with E-state index < -0.39 is 18.1 Å². The summed E-state index contributed by atoms with van der Waals surface area (Å²) in [7, 11) is 1.70. The van der Waals surface area contributed by atoms with Gasteiger partial charge in [-0.15, -0.1) is 0 Å². The van der Waals surface area contributed by atoms with Crippen molar-refractivity contribution >= 4 is 0 Å². The Kier molecular flexibility index (Phi) is 4.42. The van der Waals surface area contributed by atoms with E-state index in [4.69, 9.17) is 0 Å².